The smallest absolute Gasteiger partial charge is 0.161 e. The Morgan fingerprint density at radius 1 is 0.588 bits per heavy atom. The molecule has 2 unspecified atom stereocenters. The van der Waals surface area contributed by atoms with Crippen LogP contribution in [0.1, 0.15) is 45.2 Å². The first kappa shape index (κ1) is 20.0. The molecular weight excluding hydrogens is 428 g/mol. The predicted octanol–water partition coefficient (Wildman–Crippen LogP) is 5.67. The minimum Gasteiger partial charge on any atom is -0.508 e. The van der Waals surface area contributed by atoms with Gasteiger partial charge in [0, 0.05) is 0 Å². The zero-order valence-electron chi connectivity index (χ0n) is 18.4. The highest BCUT2D eigenvalue weighted by molar-refractivity contribution is 5.92. The van der Waals surface area contributed by atoms with Crippen molar-refractivity contribution in [2.45, 2.75) is 11.8 Å². The van der Waals surface area contributed by atoms with Crippen molar-refractivity contribution >= 4 is 21.5 Å². The van der Waals surface area contributed by atoms with Crippen LogP contribution in [0.3, 0.4) is 0 Å². The lowest BCUT2D eigenvalue weighted by atomic mass is 9.65. The summed E-state index contributed by atoms with van der Waals surface area (Å²) in [6.45, 7) is 0. The third-order valence-corrected chi connectivity index (χ3v) is 7.02. The maximum absolute atomic E-state index is 11.0. The molecule has 4 aromatic rings. The number of aliphatic hydroxyl groups is 2. The van der Waals surface area contributed by atoms with E-state index in [0.717, 1.165) is 43.8 Å². The number of fused-ring (bicyclic) bond motifs is 2. The molecule has 34 heavy (non-hydrogen) atoms. The van der Waals surface area contributed by atoms with Crippen molar-refractivity contribution in [3.05, 3.63) is 93.4 Å². The van der Waals surface area contributed by atoms with E-state index in [2.05, 4.69) is 12.1 Å². The van der Waals surface area contributed by atoms with Crippen molar-refractivity contribution in [1.82, 2.24) is 0 Å². The molecule has 4 aromatic carbocycles. The molecular formula is C28H18N2O4. The molecule has 0 heterocycles. The van der Waals surface area contributed by atoms with Crippen LogP contribution in [0, 0.1) is 22.7 Å². The van der Waals surface area contributed by atoms with Crippen LogP contribution in [0.25, 0.3) is 21.5 Å². The fourth-order valence-electron chi connectivity index (χ4n) is 5.45. The normalized spacial score (nSPS) is 17.8. The summed E-state index contributed by atoms with van der Waals surface area (Å²) in [5.41, 5.74) is 4.22. The fourth-order valence-corrected chi connectivity index (χ4v) is 5.45. The third-order valence-electron chi connectivity index (χ3n) is 7.02. The van der Waals surface area contributed by atoms with Crippen LogP contribution in [-0.2, 0) is 0 Å². The summed E-state index contributed by atoms with van der Waals surface area (Å²) in [5, 5.41) is 44.3. The van der Waals surface area contributed by atoms with Gasteiger partial charge in [0.15, 0.2) is 11.5 Å². The van der Waals surface area contributed by atoms with Gasteiger partial charge in [-0.3, -0.25) is 0 Å². The molecule has 0 saturated carbocycles. The summed E-state index contributed by atoms with van der Waals surface area (Å²) in [6.07, 6.45) is 0. The predicted molar refractivity (Wildman–Crippen MR) is 126 cm³/mol. The van der Waals surface area contributed by atoms with Crippen LogP contribution in [0.15, 0.2) is 60.0 Å². The second-order valence-electron chi connectivity index (χ2n) is 8.62. The standard InChI is InChI=1S/C28H18N2O4/c1-33-23-9-15-7-21-22(8-16(15)10-24(23)34-2)26-20-6-14-4-18(12-30)17(11-29)3-13(14)5-19(20)25(21)27(31)28(26)32/h3-10,25-26,31-32H,1-2H3. The Bertz CT molecular complexity index is 1560. The molecule has 3 aliphatic carbocycles. The Kier molecular flexibility index (Phi) is 4.06. The Hall–Kier alpha value is -4.68. The maximum atomic E-state index is 11.0. The molecule has 0 fully saturated rings. The molecule has 0 radical (unpaired) electrons. The molecule has 6 nitrogen and oxygen atoms in total. The number of aliphatic hydroxyl groups excluding tert-OH is 2. The number of nitriles is 2. The summed E-state index contributed by atoms with van der Waals surface area (Å²) in [5.74, 6) is 0.0531. The molecule has 3 aliphatic rings. The van der Waals surface area contributed by atoms with Crippen molar-refractivity contribution in [1.29, 1.82) is 10.5 Å². The van der Waals surface area contributed by atoms with Gasteiger partial charge in [-0.2, -0.15) is 10.5 Å². The lowest BCUT2D eigenvalue weighted by Crippen LogP contribution is -2.28. The van der Waals surface area contributed by atoms with Crippen molar-refractivity contribution in [2.24, 2.45) is 0 Å². The highest BCUT2D eigenvalue weighted by Crippen LogP contribution is 2.55. The number of allylic oxidation sites excluding steroid dienone is 2. The number of rotatable bonds is 2. The van der Waals surface area contributed by atoms with Crippen molar-refractivity contribution in [2.75, 3.05) is 14.2 Å². The van der Waals surface area contributed by atoms with Crippen LogP contribution in [0.5, 0.6) is 11.5 Å². The van der Waals surface area contributed by atoms with E-state index in [9.17, 15) is 20.7 Å². The van der Waals surface area contributed by atoms with E-state index in [1.165, 1.54) is 0 Å². The number of nitrogens with zero attached hydrogens (tertiary/aromatic N) is 2. The van der Waals surface area contributed by atoms with Gasteiger partial charge in [-0.05, 0) is 92.3 Å². The van der Waals surface area contributed by atoms with E-state index in [-0.39, 0.29) is 11.5 Å². The van der Waals surface area contributed by atoms with E-state index in [1.54, 1.807) is 26.4 Å². The summed E-state index contributed by atoms with van der Waals surface area (Å²) in [4.78, 5) is 0. The highest BCUT2D eigenvalue weighted by atomic mass is 16.5. The number of methoxy groups -OCH3 is 2. The zero-order valence-corrected chi connectivity index (χ0v) is 18.4. The first-order chi connectivity index (χ1) is 16.5. The molecule has 0 spiro atoms. The van der Waals surface area contributed by atoms with E-state index < -0.39 is 11.8 Å². The Morgan fingerprint density at radius 3 is 1.21 bits per heavy atom. The minimum absolute atomic E-state index is 0.0571. The molecule has 2 N–H and O–H groups in total. The molecule has 0 aliphatic heterocycles. The Morgan fingerprint density at radius 2 is 0.912 bits per heavy atom. The minimum atomic E-state index is -0.530. The van der Waals surface area contributed by atoms with Crippen molar-refractivity contribution in [3.63, 3.8) is 0 Å². The van der Waals surface area contributed by atoms with E-state index in [0.29, 0.717) is 22.6 Å². The van der Waals surface area contributed by atoms with Crippen LogP contribution < -0.4 is 9.47 Å². The van der Waals surface area contributed by atoms with Gasteiger partial charge in [-0.15, -0.1) is 0 Å². The molecule has 0 saturated heterocycles. The van der Waals surface area contributed by atoms with Crippen LogP contribution in [0.4, 0.5) is 0 Å². The van der Waals surface area contributed by atoms with E-state index in [4.69, 9.17) is 9.47 Å². The first-order valence-corrected chi connectivity index (χ1v) is 10.7. The lowest BCUT2D eigenvalue weighted by Gasteiger charge is -2.39. The zero-order chi connectivity index (χ0) is 23.7. The maximum Gasteiger partial charge on any atom is 0.161 e. The largest absolute Gasteiger partial charge is 0.508 e. The molecule has 164 valence electrons. The second-order valence-corrected chi connectivity index (χ2v) is 8.62. The molecule has 0 aromatic heterocycles. The number of benzene rings is 4. The number of hydrogen-bond donors (Lipinski definition) is 2. The molecule has 2 bridgehead atoms. The Balaban J connectivity index is 1.64. The quantitative estimate of drug-likeness (QED) is 0.411. The fraction of sp³-hybridized carbons (Fsp3) is 0.143. The molecule has 0 amide bonds. The third kappa shape index (κ3) is 2.48. The van der Waals surface area contributed by atoms with Gasteiger partial charge in [-0.25, -0.2) is 0 Å². The van der Waals surface area contributed by atoms with Crippen molar-refractivity contribution in [3.8, 4) is 23.6 Å². The van der Waals surface area contributed by atoms with Crippen LogP contribution >= 0.6 is 0 Å². The molecule has 6 heteroatoms. The average molecular weight is 446 g/mol. The van der Waals surface area contributed by atoms with Gasteiger partial charge in [0.2, 0.25) is 0 Å². The van der Waals surface area contributed by atoms with E-state index >= 15 is 0 Å². The van der Waals surface area contributed by atoms with Crippen LogP contribution in [-0.4, -0.2) is 24.4 Å². The van der Waals surface area contributed by atoms with E-state index in [1.807, 2.05) is 36.4 Å². The van der Waals surface area contributed by atoms with Crippen molar-refractivity contribution < 1.29 is 19.7 Å². The summed E-state index contributed by atoms with van der Waals surface area (Å²) >= 11 is 0. The summed E-state index contributed by atoms with van der Waals surface area (Å²) in [6, 6.07) is 19.3. The van der Waals surface area contributed by atoms with Gasteiger partial charge in [-0.1, -0.05) is 0 Å². The lowest BCUT2D eigenvalue weighted by molar-refractivity contribution is 0.273. The second kappa shape index (κ2) is 6.91. The Labute approximate surface area is 195 Å². The van der Waals surface area contributed by atoms with Gasteiger partial charge in [0.25, 0.3) is 0 Å². The van der Waals surface area contributed by atoms with Crippen LogP contribution in [0.2, 0.25) is 0 Å². The number of hydrogen-bond acceptors (Lipinski definition) is 6. The van der Waals surface area contributed by atoms with Gasteiger partial charge >= 0.3 is 0 Å². The highest BCUT2D eigenvalue weighted by Gasteiger charge is 2.44. The number of ether oxygens (including phenoxy) is 2. The molecule has 2 atom stereocenters. The summed E-state index contributed by atoms with van der Waals surface area (Å²) in [7, 11) is 3.18. The topological polar surface area (TPSA) is 106 Å². The van der Waals surface area contributed by atoms with Gasteiger partial charge in [0.1, 0.15) is 23.7 Å². The monoisotopic (exact) mass is 446 g/mol. The van der Waals surface area contributed by atoms with Gasteiger partial charge in [0.05, 0.1) is 37.2 Å². The average Bonchev–Trinajstić information content (AvgIpc) is 2.86. The van der Waals surface area contributed by atoms with Gasteiger partial charge < -0.3 is 19.7 Å². The molecule has 7 rings (SSSR count). The summed E-state index contributed by atoms with van der Waals surface area (Å²) < 4.78 is 10.9. The first-order valence-electron chi connectivity index (χ1n) is 10.7. The SMILES string of the molecule is COc1cc2cc3c(cc2cc1OC)C1C(O)=C(O)C3c2cc3cc(C#N)c(C#N)cc3cc21.